The van der Waals surface area contributed by atoms with E-state index in [9.17, 15) is 9.18 Å². The molecule has 1 aromatic rings. The summed E-state index contributed by atoms with van der Waals surface area (Å²) in [5.74, 6) is 4.68. The fourth-order valence-corrected chi connectivity index (χ4v) is 2.70. The van der Waals surface area contributed by atoms with Crippen LogP contribution in [0.3, 0.4) is 0 Å². The number of nitrogens with zero attached hydrogens (tertiary/aromatic N) is 1. The van der Waals surface area contributed by atoms with Crippen molar-refractivity contribution in [1.82, 2.24) is 10.3 Å². The Morgan fingerprint density at radius 1 is 1.45 bits per heavy atom. The lowest BCUT2D eigenvalue weighted by Gasteiger charge is -2.28. The molecule has 5 nitrogen and oxygen atoms in total. The molecule has 4 N–H and O–H groups in total. The lowest BCUT2D eigenvalue weighted by atomic mass is 9.84. The van der Waals surface area contributed by atoms with E-state index in [1.165, 1.54) is 18.7 Å². The molecule has 110 valence electrons. The molecule has 1 amide bonds. The van der Waals surface area contributed by atoms with E-state index in [1.54, 1.807) is 0 Å². The minimum Gasteiger partial charge on any atom is -0.349 e. The number of anilines is 1. The third-order valence-corrected chi connectivity index (χ3v) is 4.03. The van der Waals surface area contributed by atoms with Crippen LogP contribution in [0.1, 0.15) is 49.4 Å². The second-order valence-electron chi connectivity index (χ2n) is 5.26. The summed E-state index contributed by atoms with van der Waals surface area (Å²) in [4.78, 5) is 15.8. The molecule has 0 radical (unpaired) electrons. The maximum absolute atomic E-state index is 13.9. The fraction of sp³-hybridized carbons (Fsp3) is 0.571. The van der Waals surface area contributed by atoms with Gasteiger partial charge in [-0.2, -0.15) is 0 Å². The second-order valence-corrected chi connectivity index (χ2v) is 5.26. The molecular formula is C14H21FN4O. The molecule has 1 saturated carbocycles. The minimum atomic E-state index is -0.713. The maximum Gasteiger partial charge on any atom is 0.254 e. The molecular weight excluding hydrogens is 259 g/mol. The molecule has 0 saturated heterocycles. The van der Waals surface area contributed by atoms with Gasteiger partial charge in [-0.25, -0.2) is 15.2 Å². The van der Waals surface area contributed by atoms with Crippen LogP contribution in [-0.4, -0.2) is 16.9 Å². The van der Waals surface area contributed by atoms with Crippen molar-refractivity contribution in [2.75, 3.05) is 5.43 Å². The summed E-state index contributed by atoms with van der Waals surface area (Å²) in [5.41, 5.74) is 2.12. The fourth-order valence-electron chi connectivity index (χ4n) is 2.70. The predicted octanol–water partition coefficient (Wildman–Crippen LogP) is 2.20. The molecule has 1 aliphatic rings. The van der Waals surface area contributed by atoms with E-state index in [0.29, 0.717) is 0 Å². The average Bonchev–Trinajstić information content (AvgIpc) is 2.48. The Hall–Kier alpha value is -1.69. The Bertz CT molecular complexity index is 472. The van der Waals surface area contributed by atoms with E-state index in [4.69, 9.17) is 5.84 Å². The first kappa shape index (κ1) is 14.7. The largest absolute Gasteiger partial charge is 0.349 e. The van der Waals surface area contributed by atoms with Gasteiger partial charge in [0, 0.05) is 12.2 Å². The predicted molar refractivity (Wildman–Crippen MR) is 75.5 cm³/mol. The number of nitrogen functional groups attached to an aromatic ring is 1. The number of halogens is 1. The smallest absolute Gasteiger partial charge is 0.254 e. The number of hydrazine groups is 1. The van der Waals surface area contributed by atoms with Crippen LogP contribution in [-0.2, 0) is 0 Å². The number of hydrogen-bond donors (Lipinski definition) is 3. The molecule has 0 spiro atoms. The van der Waals surface area contributed by atoms with Crippen molar-refractivity contribution < 1.29 is 9.18 Å². The zero-order chi connectivity index (χ0) is 14.5. The summed E-state index contributed by atoms with van der Waals surface area (Å²) in [5, 5.41) is 2.90. The van der Waals surface area contributed by atoms with Crippen molar-refractivity contribution in [2.45, 2.75) is 45.1 Å². The summed E-state index contributed by atoms with van der Waals surface area (Å²) in [6.07, 6.45) is 6.70. The quantitative estimate of drug-likeness (QED) is 0.583. The monoisotopic (exact) mass is 280 g/mol. The van der Waals surface area contributed by atoms with E-state index >= 15 is 0 Å². The molecule has 1 fully saturated rings. The van der Waals surface area contributed by atoms with Gasteiger partial charge in [0.2, 0.25) is 0 Å². The van der Waals surface area contributed by atoms with E-state index in [0.717, 1.165) is 31.6 Å². The standard InChI is InChI=1S/C14H21FN4O/c1-2-9-3-5-10(6-4-9)18-14(20)11-7-8-17-13(19-16)12(11)15/h7-10H,2-6,16H2,1H3,(H,17,19)(H,18,20). The Morgan fingerprint density at radius 3 is 2.75 bits per heavy atom. The molecule has 20 heavy (non-hydrogen) atoms. The molecule has 1 aromatic heterocycles. The van der Waals surface area contributed by atoms with Gasteiger partial charge in [0.25, 0.3) is 5.91 Å². The highest BCUT2D eigenvalue weighted by Crippen LogP contribution is 2.26. The van der Waals surface area contributed by atoms with E-state index in [-0.39, 0.29) is 17.4 Å². The van der Waals surface area contributed by atoms with Gasteiger partial charge >= 0.3 is 0 Å². The van der Waals surface area contributed by atoms with Crippen molar-refractivity contribution >= 4 is 11.7 Å². The van der Waals surface area contributed by atoms with Crippen LogP contribution in [0.4, 0.5) is 10.2 Å². The summed E-state index contributed by atoms with van der Waals surface area (Å²) in [6, 6.07) is 1.50. The van der Waals surface area contributed by atoms with Gasteiger partial charge in [0.1, 0.15) is 0 Å². The number of nitrogens with two attached hydrogens (primary N) is 1. The number of carbonyl (C=O) groups excluding carboxylic acids is 1. The van der Waals surface area contributed by atoms with Crippen molar-refractivity contribution in [3.63, 3.8) is 0 Å². The molecule has 0 aromatic carbocycles. The second kappa shape index (κ2) is 6.65. The Kier molecular flexibility index (Phi) is 4.89. The van der Waals surface area contributed by atoms with Gasteiger partial charge in [-0.05, 0) is 37.7 Å². The van der Waals surface area contributed by atoms with Crippen LogP contribution >= 0.6 is 0 Å². The van der Waals surface area contributed by atoms with Gasteiger partial charge in [0.15, 0.2) is 11.6 Å². The molecule has 6 heteroatoms. The number of amides is 1. The highest BCUT2D eigenvalue weighted by molar-refractivity contribution is 5.95. The highest BCUT2D eigenvalue weighted by Gasteiger charge is 2.23. The zero-order valence-electron chi connectivity index (χ0n) is 11.7. The van der Waals surface area contributed by atoms with Crippen molar-refractivity contribution in [3.05, 3.63) is 23.6 Å². The normalized spacial score (nSPS) is 22.4. The number of nitrogens with one attached hydrogen (secondary N) is 2. The van der Waals surface area contributed by atoms with Crippen LogP contribution in [0.2, 0.25) is 0 Å². The van der Waals surface area contributed by atoms with Gasteiger partial charge < -0.3 is 10.7 Å². The van der Waals surface area contributed by atoms with Gasteiger partial charge in [-0.3, -0.25) is 4.79 Å². The Labute approximate surface area is 118 Å². The van der Waals surface area contributed by atoms with Gasteiger partial charge in [-0.15, -0.1) is 0 Å². The zero-order valence-corrected chi connectivity index (χ0v) is 11.7. The highest BCUT2D eigenvalue weighted by atomic mass is 19.1. The molecule has 1 aliphatic carbocycles. The molecule has 0 atom stereocenters. The van der Waals surface area contributed by atoms with Crippen LogP contribution in [0, 0.1) is 11.7 Å². The van der Waals surface area contributed by atoms with Gasteiger partial charge in [-0.1, -0.05) is 13.3 Å². The number of aromatic nitrogens is 1. The van der Waals surface area contributed by atoms with E-state index in [1.807, 2.05) is 0 Å². The minimum absolute atomic E-state index is 0.0226. The maximum atomic E-state index is 13.9. The van der Waals surface area contributed by atoms with Crippen molar-refractivity contribution in [2.24, 2.45) is 11.8 Å². The first-order valence-electron chi connectivity index (χ1n) is 7.07. The first-order valence-corrected chi connectivity index (χ1v) is 7.07. The molecule has 0 aliphatic heterocycles. The van der Waals surface area contributed by atoms with Gasteiger partial charge in [0.05, 0.1) is 5.56 Å². The van der Waals surface area contributed by atoms with Crippen LogP contribution in [0.5, 0.6) is 0 Å². The lowest BCUT2D eigenvalue weighted by molar-refractivity contribution is 0.0917. The number of rotatable bonds is 4. The average molecular weight is 280 g/mol. The Balaban J connectivity index is 1.99. The van der Waals surface area contributed by atoms with E-state index < -0.39 is 11.7 Å². The molecule has 1 heterocycles. The topological polar surface area (TPSA) is 80.0 Å². The van der Waals surface area contributed by atoms with Crippen LogP contribution in [0.25, 0.3) is 0 Å². The summed E-state index contributed by atoms with van der Waals surface area (Å²) in [7, 11) is 0. The number of hydrogen-bond acceptors (Lipinski definition) is 4. The van der Waals surface area contributed by atoms with E-state index in [2.05, 4.69) is 22.7 Å². The molecule has 0 unspecified atom stereocenters. The molecule has 0 bridgehead atoms. The third-order valence-electron chi connectivity index (χ3n) is 4.03. The third kappa shape index (κ3) is 3.25. The molecule has 2 rings (SSSR count). The summed E-state index contributed by atoms with van der Waals surface area (Å²) >= 11 is 0. The van der Waals surface area contributed by atoms with Crippen LogP contribution < -0.4 is 16.6 Å². The van der Waals surface area contributed by atoms with Crippen molar-refractivity contribution in [3.8, 4) is 0 Å². The number of carbonyl (C=O) groups is 1. The summed E-state index contributed by atoms with van der Waals surface area (Å²) < 4.78 is 13.9. The summed E-state index contributed by atoms with van der Waals surface area (Å²) in [6.45, 7) is 2.19. The van der Waals surface area contributed by atoms with Crippen molar-refractivity contribution in [1.29, 1.82) is 0 Å². The number of pyridine rings is 1. The Morgan fingerprint density at radius 2 is 2.15 bits per heavy atom. The van der Waals surface area contributed by atoms with Crippen LogP contribution in [0.15, 0.2) is 12.3 Å². The SMILES string of the molecule is CCC1CCC(NC(=O)c2ccnc(NN)c2F)CC1. The first-order chi connectivity index (χ1) is 9.65. The lowest BCUT2D eigenvalue weighted by Crippen LogP contribution is -2.38.